The maximum atomic E-state index is 12.4. The molecule has 4 aromatic rings. The number of nitrogens with zero attached hydrogens (tertiary/aromatic N) is 2. The minimum atomic E-state index is -0.242. The standard InChI is InChI=1S/C17H12BrN5O/c18-12-3-1-10(2-4-12)15-8-16(23-22-15)17(24)20-13-5-6-14-11(7-13)9-19-21-14/h1-9H,(H,19,21)(H,20,24)(H,22,23). The van der Waals surface area contributed by atoms with Crippen molar-refractivity contribution >= 4 is 38.4 Å². The van der Waals surface area contributed by atoms with E-state index in [1.807, 2.05) is 42.5 Å². The third-order valence-corrected chi connectivity index (χ3v) is 4.19. The number of carbonyl (C=O) groups is 1. The molecular formula is C17H12BrN5O. The predicted molar refractivity (Wildman–Crippen MR) is 95.8 cm³/mol. The molecular weight excluding hydrogens is 370 g/mol. The monoisotopic (exact) mass is 381 g/mol. The zero-order chi connectivity index (χ0) is 16.5. The first kappa shape index (κ1) is 14.6. The van der Waals surface area contributed by atoms with Crippen molar-refractivity contribution in [2.24, 2.45) is 0 Å². The maximum Gasteiger partial charge on any atom is 0.273 e. The van der Waals surface area contributed by atoms with Crippen molar-refractivity contribution in [1.29, 1.82) is 0 Å². The summed E-state index contributed by atoms with van der Waals surface area (Å²) in [6, 6.07) is 15.0. The molecule has 0 unspecified atom stereocenters. The number of H-pyrrole nitrogens is 2. The van der Waals surface area contributed by atoms with Crippen LogP contribution in [0.15, 0.2) is 59.2 Å². The highest BCUT2D eigenvalue weighted by molar-refractivity contribution is 9.10. The summed E-state index contributed by atoms with van der Waals surface area (Å²) in [6.07, 6.45) is 1.72. The molecule has 0 aliphatic heterocycles. The highest BCUT2D eigenvalue weighted by Crippen LogP contribution is 2.21. The molecule has 3 N–H and O–H groups in total. The van der Waals surface area contributed by atoms with E-state index < -0.39 is 0 Å². The van der Waals surface area contributed by atoms with Gasteiger partial charge in [-0.2, -0.15) is 10.2 Å². The second kappa shape index (κ2) is 5.93. The molecule has 2 aromatic carbocycles. The number of hydrogen-bond acceptors (Lipinski definition) is 3. The van der Waals surface area contributed by atoms with Crippen LogP contribution in [0.4, 0.5) is 5.69 Å². The summed E-state index contributed by atoms with van der Waals surface area (Å²) in [4.78, 5) is 12.4. The van der Waals surface area contributed by atoms with Crippen LogP contribution in [0.2, 0.25) is 0 Å². The zero-order valence-electron chi connectivity index (χ0n) is 12.4. The van der Waals surface area contributed by atoms with Crippen LogP contribution >= 0.6 is 15.9 Å². The van der Waals surface area contributed by atoms with Crippen LogP contribution in [0.1, 0.15) is 10.5 Å². The number of fused-ring (bicyclic) bond motifs is 1. The summed E-state index contributed by atoms with van der Waals surface area (Å²) >= 11 is 3.40. The second-order valence-corrected chi connectivity index (χ2v) is 6.22. The molecule has 2 aromatic heterocycles. The lowest BCUT2D eigenvalue weighted by Gasteiger charge is -2.03. The highest BCUT2D eigenvalue weighted by atomic mass is 79.9. The molecule has 2 heterocycles. The third-order valence-electron chi connectivity index (χ3n) is 3.66. The van der Waals surface area contributed by atoms with E-state index in [-0.39, 0.29) is 5.91 Å². The normalized spacial score (nSPS) is 10.9. The fourth-order valence-electron chi connectivity index (χ4n) is 2.43. The van der Waals surface area contributed by atoms with Gasteiger partial charge in [0.05, 0.1) is 17.4 Å². The Balaban J connectivity index is 1.55. The van der Waals surface area contributed by atoms with Gasteiger partial charge in [-0.05, 0) is 36.4 Å². The van der Waals surface area contributed by atoms with Gasteiger partial charge >= 0.3 is 0 Å². The Kier molecular flexibility index (Phi) is 3.62. The summed E-state index contributed by atoms with van der Waals surface area (Å²) in [5.74, 6) is -0.242. The third kappa shape index (κ3) is 2.81. The minimum Gasteiger partial charge on any atom is -0.321 e. The van der Waals surface area contributed by atoms with Crippen LogP contribution in [-0.2, 0) is 0 Å². The van der Waals surface area contributed by atoms with Crippen molar-refractivity contribution in [3.63, 3.8) is 0 Å². The summed E-state index contributed by atoms with van der Waals surface area (Å²) in [5, 5.41) is 17.6. The van der Waals surface area contributed by atoms with Gasteiger partial charge in [-0.3, -0.25) is 15.0 Å². The molecule has 24 heavy (non-hydrogen) atoms. The largest absolute Gasteiger partial charge is 0.321 e. The number of halogens is 1. The van der Waals surface area contributed by atoms with Gasteiger partial charge in [0.2, 0.25) is 0 Å². The molecule has 0 radical (unpaired) electrons. The average molecular weight is 382 g/mol. The SMILES string of the molecule is O=C(Nc1ccc2[nH]ncc2c1)c1cc(-c2ccc(Br)cc2)n[nH]1. The smallest absolute Gasteiger partial charge is 0.273 e. The van der Waals surface area contributed by atoms with Gasteiger partial charge in [0, 0.05) is 21.1 Å². The number of anilines is 1. The van der Waals surface area contributed by atoms with Gasteiger partial charge in [0.15, 0.2) is 0 Å². The quantitative estimate of drug-likeness (QED) is 0.501. The zero-order valence-corrected chi connectivity index (χ0v) is 14.0. The van der Waals surface area contributed by atoms with Crippen molar-refractivity contribution in [3.8, 4) is 11.3 Å². The molecule has 0 spiro atoms. The van der Waals surface area contributed by atoms with Crippen molar-refractivity contribution in [3.05, 3.63) is 64.9 Å². The molecule has 0 bridgehead atoms. The Bertz CT molecular complexity index is 1020. The van der Waals surface area contributed by atoms with E-state index >= 15 is 0 Å². The molecule has 4 rings (SSSR count). The first-order chi connectivity index (χ1) is 11.7. The van der Waals surface area contributed by atoms with E-state index in [4.69, 9.17) is 0 Å². The number of nitrogens with one attached hydrogen (secondary N) is 3. The van der Waals surface area contributed by atoms with Crippen LogP contribution in [0.5, 0.6) is 0 Å². The Morgan fingerprint density at radius 3 is 2.71 bits per heavy atom. The number of benzene rings is 2. The van der Waals surface area contributed by atoms with Crippen LogP contribution in [0, 0.1) is 0 Å². The first-order valence-electron chi connectivity index (χ1n) is 7.25. The molecule has 0 aliphatic rings. The summed E-state index contributed by atoms with van der Waals surface area (Å²) in [7, 11) is 0. The number of aromatic nitrogens is 4. The summed E-state index contributed by atoms with van der Waals surface area (Å²) < 4.78 is 0.995. The molecule has 0 atom stereocenters. The van der Waals surface area contributed by atoms with E-state index in [0.29, 0.717) is 11.4 Å². The molecule has 7 heteroatoms. The number of amides is 1. The summed E-state index contributed by atoms with van der Waals surface area (Å²) in [5.41, 5.74) is 3.69. The molecule has 0 saturated heterocycles. The average Bonchev–Trinajstić information content (AvgIpc) is 3.24. The minimum absolute atomic E-state index is 0.242. The summed E-state index contributed by atoms with van der Waals surface area (Å²) in [6.45, 7) is 0. The Morgan fingerprint density at radius 1 is 1.04 bits per heavy atom. The molecule has 0 saturated carbocycles. The maximum absolute atomic E-state index is 12.4. The first-order valence-corrected chi connectivity index (χ1v) is 8.04. The van der Waals surface area contributed by atoms with Gasteiger partial charge < -0.3 is 5.32 Å². The number of hydrogen-bond donors (Lipinski definition) is 3. The van der Waals surface area contributed by atoms with Crippen LogP contribution in [-0.4, -0.2) is 26.3 Å². The van der Waals surface area contributed by atoms with E-state index in [2.05, 4.69) is 41.6 Å². The molecule has 0 fully saturated rings. The van der Waals surface area contributed by atoms with Gasteiger partial charge in [-0.25, -0.2) is 0 Å². The van der Waals surface area contributed by atoms with Crippen molar-refractivity contribution < 1.29 is 4.79 Å². The number of aromatic amines is 2. The molecule has 118 valence electrons. The predicted octanol–water partition coefficient (Wildman–Crippen LogP) is 3.97. The second-order valence-electron chi connectivity index (χ2n) is 5.30. The van der Waals surface area contributed by atoms with Crippen molar-refractivity contribution in [1.82, 2.24) is 20.4 Å². The number of rotatable bonds is 3. The molecule has 1 amide bonds. The van der Waals surface area contributed by atoms with Crippen LogP contribution in [0.25, 0.3) is 22.2 Å². The van der Waals surface area contributed by atoms with E-state index in [1.165, 1.54) is 0 Å². The molecule has 0 aliphatic carbocycles. The molecule has 6 nitrogen and oxygen atoms in total. The van der Waals surface area contributed by atoms with Crippen molar-refractivity contribution in [2.45, 2.75) is 0 Å². The Labute approximate surface area is 145 Å². The lowest BCUT2D eigenvalue weighted by molar-refractivity contribution is 0.102. The van der Waals surface area contributed by atoms with E-state index in [1.54, 1.807) is 12.3 Å². The Morgan fingerprint density at radius 2 is 1.88 bits per heavy atom. The fourth-order valence-corrected chi connectivity index (χ4v) is 2.69. The topological polar surface area (TPSA) is 86.5 Å². The van der Waals surface area contributed by atoms with Gasteiger partial charge in [0.25, 0.3) is 5.91 Å². The van der Waals surface area contributed by atoms with Gasteiger partial charge in [-0.15, -0.1) is 0 Å². The van der Waals surface area contributed by atoms with E-state index in [9.17, 15) is 4.79 Å². The van der Waals surface area contributed by atoms with Crippen LogP contribution in [0.3, 0.4) is 0 Å². The Hall–Kier alpha value is -2.93. The van der Waals surface area contributed by atoms with Crippen molar-refractivity contribution in [2.75, 3.05) is 5.32 Å². The fraction of sp³-hybridized carbons (Fsp3) is 0. The lowest BCUT2D eigenvalue weighted by Crippen LogP contribution is -2.12. The number of carbonyl (C=O) groups excluding carboxylic acids is 1. The van der Waals surface area contributed by atoms with Crippen LogP contribution < -0.4 is 5.32 Å². The van der Waals surface area contributed by atoms with Gasteiger partial charge in [-0.1, -0.05) is 28.1 Å². The lowest BCUT2D eigenvalue weighted by atomic mass is 10.1. The van der Waals surface area contributed by atoms with Gasteiger partial charge in [0.1, 0.15) is 5.69 Å². The highest BCUT2D eigenvalue weighted by Gasteiger charge is 2.12. The van der Waals surface area contributed by atoms with E-state index in [0.717, 1.165) is 26.6 Å².